The van der Waals surface area contributed by atoms with Crippen molar-refractivity contribution in [3.05, 3.63) is 71.8 Å². The van der Waals surface area contributed by atoms with Crippen LogP contribution in [0.5, 0.6) is 5.75 Å². The van der Waals surface area contributed by atoms with Crippen LogP contribution in [0.3, 0.4) is 0 Å². The summed E-state index contributed by atoms with van der Waals surface area (Å²) in [5.74, 6) is 1.24. The SMILES string of the molecule is O=C(NC1CCN(C(=O)/C=C/c2ccc(OCc3ccccc3)cc2)CC1)C1CCCCC1. The number of hydrogen-bond donors (Lipinski definition) is 1. The van der Waals surface area contributed by atoms with Crippen molar-refractivity contribution in [1.82, 2.24) is 10.2 Å². The molecule has 5 heteroatoms. The molecule has 2 amide bonds. The number of rotatable bonds is 7. The molecule has 1 heterocycles. The molecule has 1 aliphatic carbocycles. The van der Waals surface area contributed by atoms with Gasteiger partial charge in [-0.1, -0.05) is 61.7 Å². The van der Waals surface area contributed by atoms with Crippen LogP contribution < -0.4 is 10.1 Å². The van der Waals surface area contributed by atoms with Gasteiger partial charge in [0.1, 0.15) is 12.4 Å². The first-order chi connectivity index (χ1) is 16.2. The second-order valence-electron chi connectivity index (χ2n) is 9.12. The maximum absolute atomic E-state index is 12.6. The lowest BCUT2D eigenvalue weighted by Gasteiger charge is -2.33. The summed E-state index contributed by atoms with van der Waals surface area (Å²) in [5.41, 5.74) is 2.09. The van der Waals surface area contributed by atoms with Crippen LogP contribution in [-0.4, -0.2) is 35.8 Å². The Hall–Kier alpha value is -3.08. The molecule has 2 fully saturated rings. The minimum absolute atomic E-state index is 0.0245. The number of ether oxygens (including phenoxy) is 1. The predicted octanol–water partition coefficient (Wildman–Crippen LogP) is 4.97. The van der Waals surface area contributed by atoms with Crippen molar-refractivity contribution in [2.24, 2.45) is 5.92 Å². The third-order valence-electron chi connectivity index (χ3n) is 6.68. The van der Waals surface area contributed by atoms with Gasteiger partial charge in [0.05, 0.1) is 0 Å². The summed E-state index contributed by atoms with van der Waals surface area (Å²) >= 11 is 0. The minimum Gasteiger partial charge on any atom is -0.489 e. The molecule has 2 aromatic carbocycles. The van der Waals surface area contributed by atoms with Crippen molar-refractivity contribution in [3.8, 4) is 5.75 Å². The highest BCUT2D eigenvalue weighted by atomic mass is 16.5. The second kappa shape index (κ2) is 11.7. The third-order valence-corrected chi connectivity index (χ3v) is 6.68. The molecule has 0 unspecified atom stereocenters. The van der Waals surface area contributed by atoms with E-state index in [9.17, 15) is 9.59 Å². The van der Waals surface area contributed by atoms with E-state index >= 15 is 0 Å². The van der Waals surface area contributed by atoms with E-state index in [1.54, 1.807) is 6.08 Å². The van der Waals surface area contributed by atoms with Crippen LogP contribution in [0.2, 0.25) is 0 Å². The highest BCUT2D eigenvalue weighted by Crippen LogP contribution is 2.24. The van der Waals surface area contributed by atoms with Crippen LogP contribution in [0.15, 0.2) is 60.7 Å². The van der Waals surface area contributed by atoms with Gasteiger partial charge in [-0.15, -0.1) is 0 Å². The molecular formula is C28H34N2O3. The molecule has 2 aromatic rings. The zero-order valence-electron chi connectivity index (χ0n) is 19.2. The first-order valence-corrected chi connectivity index (χ1v) is 12.2. The smallest absolute Gasteiger partial charge is 0.246 e. The molecule has 0 bridgehead atoms. The van der Waals surface area contributed by atoms with Crippen LogP contribution in [0.4, 0.5) is 0 Å². The van der Waals surface area contributed by atoms with E-state index < -0.39 is 0 Å². The number of piperidine rings is 1. The number of nitrogens with zero attached hydrogens (tertiary/aromatic N) is 1. The number of carbonyl (C=O) groups excluding carboxylic acids is 2. The molecule has 4 rings (SSSR count). The first-order valence-electron chi connectivity index (χ1n) is 12.2. The van der Waals surface area contributed by atoms with E-state index in [-0.39, 0.29) is 23.8 Å². The van der Waals surface area contributed by atoms with Crippen molar-refractivity contribution in [3.63, 3.8) is 0 Å². The van der Waals surface area contributed by atoms with Gasteiger partial charge in [-0.05, 0) is 55.0 Å². The molecule has 0 spiro atoms. The highest BCUT2D eigenvalue weighted by molar-refractivity contribution is 5.91. The molecular weight excluding hydrogens is 412 g/mol. The lowest BCUT2D eigenvalue weighted by atomic mass is 9.88. The van der Waals surface area contributed by atoms with Crippen LogP contribution >= 0.6 is 0 Å². The van der Waals surface area contributed by atoms with Crippen LogP contribution in [0, 0.1) is 5.92 Å². The summed E-state index contributed by atoms with van der Waals surface area (Å²) in [4.78, 5) is 26.9. The summed E-state index contributed by atoms with van der Waals surface area (Å²) in [6.07, 6.45) is 10.8. The van der Waals surface area contributed by atoms with Crippen molar-refractivity contribution >= 4 is 17.9 Å². The Morgan fingerprint density at radius 1 is 0.909 bits per heavy atom. The first kappa shape index (κ1) is 23.1. The number of nitrogens with one attached hydrogen (secondary N) is 1. The second-order valence-corrected chi connectivity index (χ2v) is 9.12. The van der Waals surface area contributed by atoms with E-state index in [0.717, 1.165) is 42.6 Å². The zero-order valence-corrected chi connectivity index (χ0v) is 19.2. The van der Waals surface area contributed by atoms with Gasteiger partial charge in [-0.2, -0.15) is 0 Å². The monoisotopic (exact) mass is 446 g/mol. The maximum atomic E-state index is 12.6. The highest BCUT2D eigenvalue weighted by Gasteiger charge is 2.26. The van der Waals surface area contributed by atoms with Crippen LogP contribution in [0.1, 0.15) is 56.1 Å². The van der Waals surface area contributed by atoms with Crippen molar-refractivity contribution in [2.75, 3.05) is 13.1 Å². The number of benzene rings is 2. The summed E-state index contributed by atoms with van der Waals surface area (Å²) in [7, 11) is 0. The van der Waals surface area contributed by atoms with E-state index in [4.69, 9.17) is 4.74 Å². The fourth-order valence-electron chi connectivity index (χ4n) is 4.62. The molecule has 33 heavy (non-hydrogen) atoms. The van der Waals surface area contributed by atoms with E-state index in [1.807, 2.05) is 65.6 Å². The number of amides is 2. The Morgan fingerprint density at radius 3 is 2.30 bits per heavy atom. The largest absolute Gasteiger partial charge is 0.489 e. The average Bonchev–Trinajstić information content (AvgIpc) is 2.88. The quantitative estimate of drug-likeness (QED) is 0.611. The maximum Gasteiger partial charge on any atom is 0.246 e. The van der Waals surface area contributed by atoms with Gasteiger partial charge >= 0.3 is 0 Å². The van der Waals surface area contributed by atoms with Gasteiger partial charge in [0.25, 0.3) is 0 Å². The zero-order chi connectivity index (χ0) is 22.9. The molecule has 5 nitrogen and oxygen atoms in total. The Labute approximate surface area is 196 Å². The van der Waals surface area contributed by atoms with Gasteiger partial charge in [0, 0.05) is 31.1 Å². The van der Waals surface area contributed by atoms with E-state index in [2.05, 4.69) is 5.32 Å². The summed E-state index contributed by atoms with van der Waals surface area (Å²) in [5, 5.41) is 3.23. The topological polar surface area (TPSA) is 58.6 Å². The average molecular weight is 447 g/mol. The fraction of sp³-hybridized carbons (Fsp3) is 0.429. The van der Waals surface area contributed by atoms with Crippen molar-refractivity contribution in [1.29, 1.82) is 0 Å². The van der Waals surface area contributed by atoms with E-state index in [0.29, 0.717) is 19.7 Å². The standard InChI is InChI=1S/C28H34N2O3/c31-27(30-19-17-25(18-20-30)29-28(32)24-9-5-2-6-10-24)16-13-22-11-14-26(15-12-22)33-21-23-7-3-1-4-8-23/h1,3-4,7-8,11-16,24-25H,2,5-6,9-10,17-21H2,(H,29,32)/b16-13+. The Morgan fingerprint density at radius 2 is 1.61 bits per heavy atom. The lowest BCUT2D eigenvalue weighted by Crippen LogP contribution is -2.47. The van der Waals surface area contributed by atoms with Gasteiger partial charge < -0.3 is 15.0 Å². The lowest BCUT2D eigenvalue weighted by molar-refractivity contribution is -0.128. The van der Waals surface area contributed by atoms with Crippen molar-refractivity contribution in [2.45, 2.75) is 57.6 Å². The molecule has 174 valence electrons. The molecule has 1 N–H and O–H groups in total. The summed E-state index contributed by atoms with van der Waals surface area (Å²) in [6, 6.07) is 18.0. The summed E-state index contributed by atoms with van der Waals surface area (Å²) < 4.78 is 5.81. The number of likely N-dealkylation sites (tertiary alicyclic amines) is 1. The molecule has 0 aromatic heterocycles. The molecule has 1 saturated heterocycles. The molecule has 2 aliphatic rings. The van der Waals surface area contributed by atoms with Gasteiger partial charge in [-0.3, -0.25) is 9.59 Å². The van der Waals surface area contributed by atoms with E-state index in [1.165, 1.54) is 19.3 Å². The fourth-order valence-corrected chi connectivity index (χ4v) is 4.62. The Kier molecular flexibility index (Phi) is 8.18. The predicted molar refractivity (Wildman–Crippen MR) is 131 cm³/mol. The van der Waals surface area contributed by atoms with Gasteiger partial charge in [0.2, 0.25) is 11.8 Å². The number of hydrogen-bond acceptors (Lipinski definition) is 3. The Bertz CT molecular complexity index is 925. The van der Waals surface area contributed by atoms with Crippen LogP contribution in [-0.2, 0) is 16.2 Å². The Balaban J connectivity index is 1.19. The molecule has 0 atom stereocenters. The molecule has 0 radical (unpaired) electrons. The normalized spacial score (nSPS) is 17.8. The number of carbonyl (C=O) groups is 2. The van der Waals surface area contributed by atoms with Gasteiger partial charge in [0.15, 0.2) is 0 Å². The molecule has 1 aliphatic heterocycles. The minimum atomic E-state index is 0.0245. The molecule has 1 saturated carbocycles. The van der Waals surface area contributed by atoms with Crippen LogP contribution in [0.25, 0.3) is 6.08 Å². The van der Waals surface area contributed by atoms with Crippen molar-refractivity contribution < 1.29 is 14.3 Å². The summed E-state index contributed by atoms with van der Waals surface area (Å²) in [6.45, 7) is 1.90. The van der Waals surface area contributed by atoms with Gasteiger partial charge in [-0.25, -0.2) is 0 Å². The third kappa shape index (κ3) is 6.95.